The van der Waals surface area contributed by atoms with Crippen LogP contribution in [0.1, 0.15) is 13.8 Å². The molecule has 0 spiro atoms. The first kappa shape index (κ1) is 13.2. The summed E-state index contributed by atoms with van der Waals surface area (Å²) in [6.45, 7) is 10.8. The fourth-order valence-electron chi connectivity index (χ4n) is 0.646. The maximum atomic E-state index is 10.6. The average Bonchev–Trinajstić information content (AvgIpc) is 2.18. The Morgan fingerprint density at radius 2 is 1.73 bits per heavy atom. The first-order chi connectivity index (χ1) is 7.06. The molecule has 0 aromatic heterocycles. The second-order valence-corrected chi connectivity index (χ2v) is 3.15. The molecule has 0 atom stereocenters. The van der Waals surface area contributed by atoms with Crippen molar-refractivity contribution in [3.05, 3.63) is 55.1 Å². The lowest BCUT2D eigenvalue weighted by Gasteiger charge is -1.98. The van der Waals surface area contributed by atoms with Gasteiger partial charge in [0.2, 0.25) is 0 Å². The largest absolute Gasteiger partial charge is 0.423 e. The number of benzene rings is 1. The SMILES string of the molecule is C=C(C)C.C=CC(=O)Oc1ccccc1. The molecule has 2 heteroatoms. The van der Waals surface area contributed by atoms with Gasteiger partial charge in [-0.05, 0) is 26.0 Å². The van der Waals surface area contributed by atoms with Gasteiger partial charge in [0, 0.05) is 6.08 Å². The van der Waals surface area contributed by atoms with Gasteiger partial charge in [-0.3, -0.25) is 0 Å². The first-order valence-corrected chi connectivity index (χ1v) is 4.57. The molecule has 0 N–H and O–H groups in total. The standard InChI is InChI=1S/C9H8O2.C4H8/c1-2-9(10)11-8-6-4-3-5-7-8;1-4(2)3/h2-7H,1H2;1H2,2-3H3. The number of esters is 1. The number of carbonyl (C=O) groups is 1. The van der Waals surface area contributed by atoms with Gasteiger partial charge in [-0.25, -0.2) is 4.79 Å². The molecule has 80 valence electrons. The van der Waals surface area contributed by atoms with Gasteiger partial charge < -0.3 is 4.74 Å². The van der Waals surface area contributed by atoms with E-state index < -0.39 is 5.97 Å². The van der Waals surface area contributed by atoms with Gasteiger partial charge in [-0.1, -0.05) is 30.4 Å². The van der Waals surface area contributed by atoms with Crippen LogP contribution in [0.4, 0.5) is 0 Å². The van der Waals surface area contributed by atoms with E-state index in [0.29, 0.717) is 5.75 Å². The molecule has 0 aliphatic heterocycles. The van der Waals surface area contributed by atoms with Gasteiger partial charge in [0.15, 0.2) is 0 Å². The summed E-state index contributed by atoms with van der Waals surface area (Å²) in [6, 6.07) is 8.87. The molecule has 0 amide bonds. The van der Waals surface area contributed by atoms with Crippen LogP contribution in [0.25, 0.3) is 0 Å². The third-order valence-electron chi connectivity index (χ3n) is 1.13. The molecule has 0 saturated heterocycles. The van der Waals surface area contributed by atoms with Crippen molar-refractivity contribution < 1.29 is 9.53 Å². The smallest absolute Gasteiger partial charge is 0.335 e. The summed E-state index contributed by atoms with van der Waals surface area (Å²) in [5, 5.41) is 0. The van der Waals surface area contributed by atoms with Gasteiger partial charge in [0.25, 0.3) is 0 Å². The van der Waals surface area contributed by atoms with Crippen LogP contribution in [0.2, 0.25) is 0 Å². The fraction of sp³-hybridized carbons (Fsp3) is 0.154. The molecule has 1 aromatic carbocycles. The summed E-state index contributed by atoms with van der Waals surface area (Å²) in [4.78, 5) is 10.6. The summed E-state index contributed by atoms with van der Waals surface area (Å²) in [7, 11) is 0. The van der Waals surface area contributed by atoms with E-state index >= 15 is 0 Å². The van der Waals surface area contributed by atoms with Crippen molar-refractivity contribution in [1.82, 2.24) is 0 Å². The number of allylic oxidation sites excluding steroid dienone is 1. The van der Waals surface area contributed by atoms with Crippen LogP contribution in [-0.4, -0.2) is 5.97 Å². The highest BCUT2D eigenvalue weighted by Crippen LogP contribution is 2.07. The zero-order chi connectivity index (χ0) is 11.7. The molecule has 0 heterocycles. The van der Waals surface area contributed by atoms with E-state index in [9.17, 15) is 4.79 Å². The number of hydrogen-bond acceptors (Lipinski definition) is 2. The van der Waals surface area contributed by atoms with Crippen molar-refractivity contribution in [3.63, 3.8) is 0 Å². The van der Waals surface area contributed by atoms with Crippen LogP contribution in [0.5, 0.6) is 5.75 Å². The number of rotatable bonds is 2. The molecular formula is C13H16O2. The summed E-state index contributed by atoms with van der Waals surface area (Å²) in [5.41, 5.74) is 1.17. The van der Waals surface area contributed by atoms with E-state index in [2.05, 4.69) is 13.2 Å². The quantitative estimate of drug-likeness (QED) is 0.319. The number of hydrogen-bond donors (Lipinski definition) is 0. The second-order valence-electron chi connectivity index (χ2n) is 3.15. The predicted octanol–water partition coefficient (Wildman–Crippen LogP) is 3.36. The fourth-order valence-corrected chi connectivity index (χ4v) is 0.646. The van der Waals surface area contributed by atoms with Gasteiger partial charge in [-0.15, -0.1) is 6.58 Å². The lowest BCUT2D eigenvalue weighted by molar-refractivity contribution is -0.128. The maximum absolute atomic E-state index is 10.6. The summed E-state index contributed by atoms with van der Waals surface area (Å²) in [6.07, 6.45) is 1.13. The van der Waals surface area contributed by atoms with Crippen LogP contribution < -0.4 is 4.74 Å². The van der Waals surface area contributed by atoms with Crippen molar-refractivity contribution >= 4 is 5.97 Å². The molecule has 0 fully saturated rings. The van der Waals surface area contributed by atoms with Crippen molar-refractivity contribution in [2.75, 3.05) is 0 Å². The van der Waals surface area contributed by atoms with Crippen LogP contribution in [0, 0.1) is 0 Å². The van der Waals surface area contributed by atoms with Gasteiger partial charge in [-0.2, -0.15) is 0 Å². The summed E-state index contributed by atoms with van der Waals surface area (Å²) in [5.74, 6) is 0.105. The minimum atomic E-state index is -0.434. The molecule has 0 saturated carbocycles. The average molecular weight is 204 g/mol. The highest BCUT2D eigenvalue weighted by Gasteiger charge is 1.95. The molecule has 0 radical (unpaired) electrons. The van der Waals surface area contributed by atoms with E-state index in [1.165, 1.54) is 5.57 Å². The Morgan fingerprint density at radius 1 is 1.27 bits per heavy atom. The Morgan fingerprint density at radius 3 is 2.13 bits per heavy atom. The molecule has 0 aliphatic carbocycles. The van der Waals surface area contributed by atoms with Gasteiger partial charge in [0.1, 0.15) is 5.75 Å². The van der Waals surface area contributed by atoms with Crippen molar-refractivity contribution in [1.29, 1.82) is 0 Å². The third-order valence-corrected chi connectivity index (χ3v) is 1.13. The van der Waals surface area contributed by atoms with Gasteiger partial charge in [0.05, 0.1) is 0 Å². The van der Waals surface area contributed by atoms with Crippen molar-refractivity contribution in [2.24, 2.45) is 0 Å². The minimum absolute atomic E-state index is 0.434. The van der Waals surface area contributed by atoms with Crippen LogP contribution in [0.3, 0.4) is 0 Å². The number of ether oxygens (including phenoxy) is 1. The molecule has 0 unspecified atom stereocenters. The zero-order valence-electron chi connectivity index (χ0n) is 9.19. The Balaban J connectivity index is 0.000000423. The number of para-hydroxylation sites is 1. The van der Waals surface area contributed by atoms with Gasteiger partial charge >= 0.3 is 5.97 Å². The predicted molar refractivity (Wildman–Crippen MR) is 62.8 cm³/mol. The molecule has 0 aliphatic rings. The van der Waals surface area contributed by atoms with E-state index in [4.69, 9.17) is 4.74 Å². The second kappa shape index (κ2) is 7.56. The lowest BCUT2D eigenvalue weighted by Crippen LogP contribution is -2.02. The monoisotopic (exact) mass is 204 g/mol. The van der Waals surface area contributed by atoms with Crippen molar-refractivity contribution in [3.8, 4) is 5.75 Å². The molecular weight excluding hydrogens is 188 g/mol. The Bertz CT molecular complexity index is 322. The topological polar surface area (TPSA) is 26.3 Å². The molecule has 1 aromatic rings. The third kappa shape index (κ3) is 8.50. The molecule has 0 bridgehead atoms. The lowest BCUT2D eigenvalue weighted by atomic mass is 10.3. The van der Waals surface area contributed by atoms with E-state index in [-0.39, 0.29) is 0 Å². The van der Waals surface area contributed by atoms with Crippen LogP contribution in [-0.2, 0) is 4.79 Å². The van der Waals surface area contributed by atoms with Crippen LogP contribution in [0.15, 0.2) is 55.1 Å². The Labute approximate surface area is 90.9 Å². The van der Waals surface area contributed by atoms with E-state index in [1.807, 2.05) is 19.9 Å². The summed E-state index contributed by atoms with van der Waals surface area (Å²) >= 11 is 0. The molecule has 2 nitrogen and oxygen atoms in total. The zero-order valence-corrected chi connectivity index (χ0v) is 9.19. The summed E-state index contributed by atoms with van der Waals surface area (Å²) < 4.78 is 4.81. The Hall–Kier alpha value is -1.83. The molecule has 15 heavy (non-hydrogen) atoms. The van der Waals surface area contributed by atoms with E-state index in [1.54, 1.807) is 24.3 Å². The van der Waals surface area contributed by atoms with Crippen LogP contribution >= 0.6 is 0 Å². The maximum Gasteiger partial charge on any atom is 0.335 e. The minimum Gasteiger partial charge on any atom is -0.423 e. The highest BCUT2D eigenvalue weighted by atomic mass is 16.5. The molecule has 1 rings (SSSR count). The normalized spacial score (nSPS) is 8.13. The highest BCUT2D eigenvalue weighted by molar-refractivity contribution is 5.83. The number of carbonyl (C=O) groups excluding carboxylic acids is 1. The van der Waals surface area contributed by atoms with E-state index in [0.717, 1.165) is 6.08 Å². The Kier molecular flexibility index (Phi) is 6.64. The van der Waals surface area contributed by atoms with Crippen molar-refractivity contribution in [2.45, 2.75) is 13.8 Å². The first-order valence-electron chi connectivity index (χ1n) is 4.57.